The zero-order valence-electron chi connectivity index (χ0n) is 7.52. The summed E-state index contributed by atoms with van der Waals surface area (Å²) in [5, 5.41) is 3.25. The van der Waals surface area contributed by atoms with Gasteiger partial charge in [-0.25, -0.2) is 0 Å². The normalized spacial score (nSPS) is 17.5. The first-order valence-electron chi connectivity index (χ1n) is 3.94. The predicted octanol–water partition coefficient (Wildman–Crippen LogP) is 0.981. The summed E-state index contributed by atoms with van der Waals surface area (Å²) in [7, 11) is 4.18. The summed E-state index contributed by atoms with van der Waals surface area (Å²) < 4.78 is 0. The number of hydrogen-bond donors (Lipinski definition) is 1. The van der Waals surface area contributed by atoms with Crippen LogP contribution in [0.1, 0.15) is 6.92 Å². The first-order chi connectivity index (χ1) is 5.18. The van der Waals surface area contributed by atoms with Gasteiger partial charge in [-0.3, -0.25) is 0 Å². The summed E-state index contributed by atoms with van der Waals surface area (Å²) in [5.74, 6) is 0. The molecule has 1 aliphatic heterocycles. The molecule has 1 N–H and O–H groups in total. The van der Waals surface area contributed by atoms with Crippen molar-refractivity contribution in [1.82, 2.24) is 10.2 Å². The molecular weight excluding hydrogens is 136 g/mol. The van der Waals surface area contributed by atoms with E-state index in [1.165, 1.54) is 11.3 Å². The van der Waals surface area contributed by atoms with Gasteiger partial charge in [0.15, 0.2) is 0 Å². The number of rotatable bonds is 2. The Morgan fingerprint density at radius 1 is 1.55 bits per heavy atom. The average molecular weight is 152 g/mol. The second-order valence-electron chi connectivity index (χ2n) is 3.23. The smallest absolute Gasteiger partial charge is 0.0333 e. The summed E-state index contributed by atoms with van der Waals surface area (Å²) >= 11 is 0. The van der Waals surface area contributed by atoms with E-state index in [0.29, 0.717) is 0 Å². The Morgan fingerprint density at radius 3 is 2.82 bits per heavy atom. The molecule has 0 aliphatic carbocycles. The van der Waals surface area contributed by atoms with Crippen molar-refractivity contribution in [2.75, 3.05) is 27.2 Å². The van der Waals surface area contributed by atoms with Crippen LogP contribution in [0.25, 0.3) is 0 Å². The van der Waals surface area contributed by atoms with E-state index in [-0.39, 0.29) is 0 Å². The van der Waals surface area contributed by atoms with Crippen molar-refractivity contribution < 1.29 is 0 Å². The Kier molecular flexibility index (Phi) is 2.71. The fraction of sp³-hybridized carbons (Fsp3) is 0.556. The average Bonchev–Trinajstić information content (AvgIpc) is 1.85. The van der Waals surface area contributed by atoms with E-state index >= 15 is 0 Å². The lowest BCUT2D eigenvalue weighted by atomic mass is 10.1. The Balaban J connectivity index is 2.52. The third kappa shape index (κ3) is 2.76. The molecule has 1 rings (SSSR count). The van der Waals surface area contributed by atoms with Crippen LogP contribution >= 0.6 is 0 Å². The van der Waals surface area contributed by atoms with Gasteiger partial charge in [0, 0.05) is 18.8 Å². The van der Waals surface area contributed by atoms with Crippen LogP contribution in [-0.4, -0.2) is 32.1 Å². The Bertz CT molecular complexity index is 190. The van der Waals surface area contributed by atoms with E-state index in [2.05, 4.69) is 43.4 Å². The highest BCUT2D eigenvalue weighted by Crippen LogP contribution is 2.05. The van der Waals surface area contributed by atoms with Crippen LogP contribution in [0.2, 0.25) is 0 Å². The molecule has 0 radical (unpaired) electrons. The number of hydrogen-bond acceptors (Lipinski definition) is 2. The number of likely N-dealkylation sites (N-methyl/N-ethyl adjacent to an activating group) is 1. The Morgan fingerprint density at radius 2 is 2.27 bits per heavy atom. The van der Waals surface area contributed by atoms with Crippen molar-refractivity contribution >= 4 is 0 Å². The largest absolute Gasteiger partial charge is 0.385 e. The highest BCUT2D eigenvalue weighted by atomic mass is 15.0. The highest BCUT2D eigenvalue weighted by molar-refractivity contribution is 5.27. The van der Waals surface area contributed by atoms with Crippen molar-refractivity contribution in [2.24, 2.45) is 0 Å². The predicted molar refractivity (Wildman–Crippen MR) is 48.4 cm³/mol. The van der Waals surface area contributed by atoms with Crippen molar-refractivity contribution in [2.45, 2.75) is 6.92 Å². The lowest BCUT2D eigenvalue weighted by Gasteiger charge is -2.16. The standard InChI is InChI=1S/C9H16N2/c1-8-6-9(4-5-10-8)7-11(2)3/h4,6,10H,5,7H2,1-3H3. The van der Waals surface area contributed by atoms with E-state index in [9.17, 15) is 0 Å². The molecule has 2 nitrogen and oxygen atoms in total. The van der Waals surface area contributed by atoms with E-state index in [1.807, 2.05) is 0 Å². The molecule has 0 bridgehead atoms. The molecule has 0 fully saturated rings. The van der Waals surface area contributed by atoms with Gasteiger partial charge >= 0.3 is 0 Å². The molecule has 0 aromatic carbocycles. The van der Waals surface area contributed by atoms with E-state index < -0.39 is 0 Å². The van der Waals surface area contributed by atoms with Crippen LogP contribution in [0, 0.1) is 0 Å². The monoisotopic (exact) mass is 152 g/mol. The van der Waals surface area contributed by atoms with Gasteiger partial charge in [-0.05, 0) is 32.7 Å². The molecular formula is C9H16N2. The Labute approximate surface area is 68.6 Å². The minimum absolute atomic E-state index is 0.978. The lowest BCUT2D eigenvalue weighted by Crippen LogP contribution is -2.20. The van der Waals surface area contributed by atoms with Crippen molar-refractivity contribution in [3.05, 3.63) is 23.4 Å². The fourth-order valence-corrected chi connectivity index (χ4v) is 1.21. The number of nitrogens with one attached hydrogen (secondary N) is 1. The van der Waals surface area contributed by atoms with Crippen molar-refractivity contribution in [3.63, 3.8) is 0 Å². The number of nitrogens with zero attached hydrogens (tertiary/aromatic N) is 1. The van der Waals surface area contributed by atoms with Gasteiger partial charge in [0.05, 0.1) is 0 Å². The van der Waals surface area contributed by atoms with Crippen LogP contribution in [0.4, 0.5) is 0 Å². The number of dihydropyridines is 1. The van der Waals surface area contributed by atoms with Crippen molar-refractivity contribution in [1.29, 1.82) is 0 Å². The molecule has 62 valence electrons. The summed E-state index contributed by atoms with van der Waals surface area (Å²) in [6.07, 6.45) is 4.43. The molecule has 0 saturated heterocycles. The first kappa shape index (κ1) is 8.34. The summed E-state index contributed by atoms with van der Waals surface area (Å²) in [4.78, 5) is 2.18. The lowest BCUT2D eigenvalue weighted by molar-refractivity contribution is 0.447. The Hall–Kier alpha value is -0.760. The summed E-state index contributed by atoms with van der Waals surface area (Å²) in [6, 6.07) is 0. The van der Waals surface area contributed by atoms with Crippen LogP contribution in [0.5, 0.6) is 0 Å². The maximum atomic E-state index is 3.25. The first-order valence-corrected chi connectivity index (χ1v) is 3.94. The van der Waals surface area contributed by atoms with Crippen LogP contribution < -0.4 is 5.32 Å². The van der Waals surface area contributed by atoms with Gasteiger partial charge in [-0.15, -0.1) is 0 Å². The summed E-state index contributed by atoms with van der Waals surface area (Å²) in [6.45, 7) is 4.12. The number of allylic oxidation sites excluding steroid dienone is 1. The zero-order valence-corrected chi connectivity index (χ0v) is 7.52. The molecule has 0 amide bonds. The minimum Gasteiger partial charge on any atom is -0.385 e. The molecule has 1 heterocycles. The van der Waals surface area contributed by atoms with E-state index in [0.717, 1.165) is 13.1 Å². The highest BCUT2D eigenvalue weighted by Gasteiger charge is 2.00. The zero-order chi connectivity index (χ0) is 8.27. The van der Waals surface area contributed by atoms with E-state index in [1.54, 1.807) is 0 Å². The van der Waals surface area contributed by atoms with Gasteiger partial charge in [-0.2, -0.15) is 0 Å². The molecule has 0 aromatic heterocycles. The molecule has 11 heavy (non-hydrogen) atoms. The quantitative estimate of drug-likeness (QED) is 0.634. The second-order valence-corrected chi connectivity index (χ2v) is 3.23. The molecule has 0 saturated carbocycles. The van der Waals surface area contributed by atoms with Gasteiger partial charge in [-0.1, -0.05) is 6.08 Å². The minimum atomic E-state index is 0.978. The van der Waals surface area contributed by atoms with Crippen molar-refractivity contribution in [3.8, 4) is 0 Å². The third-order valence-electron chi connectivity index (χ3n) is 1.65. The maximum Gasteiger partial charge on any atom is 0.0333 e. The molecule has 2 heteroatoms. The molecule has 0 unspecified atom stereocenters. The molecule has 0 atom stereocenters. The molecule has 1 aliphatic rings. The molecule has 0 aromatic rings. The van der Waals surface area contributed by atoms with E-state index in [4.69, 9.17) is 0 Å². The topological polar surface area (TPSA) is 15.3 Å². The van der Waals surface area contributed by atoms with Gasteiger partial charge in [0.2, 0.25) is 0 Å². The maximum absolute atomic E-state index is 3.25. The SMILES string of the molecule is CC1=CC(CN(C)C)=CCN1. The third-order valence-corrected chi connectivity index (χ3v) is 1.65. The fourth-order valence-electron chi connectivity index (χ4n) is 1.21. The van der Waals surface area contributed by atoms with Crippen LogP contribution in [0.3, 0.4) is 0 Å². The van der Waals surface area contributed by atoms with Gasteiger partial charge in [0.25, 0.3) is 0 Å². The van der Waals surface area contributed by atoms with Gasteiger partial charge in [0.1, 0.15) is 0 Å². The second kappa shape index (κ2) is 3.58. The summed E-state index contributed by atoms with van der Waals surface area (Å²) in [5.41, 5.74) is 2.68. The van der Waals surface area contributed by atoms with Crippen LogP contribution in [0.15, 0.2) is 23.4 Å². The molecule has 0 spiro atoms. The van der Waals surface area contributed by atoms with Gasteiger partial charge < -0.3 is 10.2 Å². The van der Waals surface area contributed by atoms with Crippen LogP contribution in [-0.2, 0) is 0 Å².